The van der Waals surface area contributed by atoms with Gasteiger partial charge in [0, 0.05) is 29.9 Å². The van der Waals surface area contributed by atoms with E-state index in [1.165, 1.54) is 10.9 Å². The summed E-state index contributed by atoms with van der Waals surface area (Å²) in [5, 5.41) is 10.2. The first-order chi connectivity index (χ1) is 13.5. The molecular weight excluding hydrogens is 376 g/mol. The van der Waals surface area contributed by atoms with Gasteiger partial charge in [-0.15, -0.1) is 0 Å². The minimum absolute atomic E-state index is 0.365. The van der Waals surface area contributed by atoms with Gasteiger partial charge in [-0.3, -0.25) is 4.98 Å². The summed E-state index contributed by atoms with van der Waals surface area (Å²) in [7, 11) is 0. The predicted octanol–water partition coefficient (Wildman–Crippen LogP) is 3.05. The maximum Gasteiger partial charge on any atom is 0.335 e. The summed E-state index contributed by atoms with van der Waals surface area (Å²) in [6, 6.07) is 8.28. The van der Waals surface area contributed by atoms with Crippen molar-refractivity contribution < 1.29 is 8.42 Å². The van der Waals surface area contributed by atoms with Gasteiger partial charge in [-0.05, 0) is 29.9 Å². The maximum absolute atomic E-state index is 8.29. The molecule has 3 heterocycles. The van der Waals surface area contributed by atoms with Crippen LogP contribution in [0.4, 0.5) is 5.95 Å². The highest BCUT2D eigenvalue weighted by atomic mass is 32.1. The van der Waals surface area contributed by atoms with E-state index in [0.717, 1.165) is 22.4 Å². The van der Waals surface area contributed by atoms with E-state index in [1.807, 2.05) is 31.6 Å². The Morgan fingerprint density at radius 3 is 2.68 bits per heavy atom. The second-order valence-corrected chi connectivity index (χ2v) is 6.66. The van der Waals surface area contributed by atoms with Crippen molar-refractivity contribution in [2.45, 2.75) is 33.2 Å². The highest BCUT2D eigenvalue weighted by Gasteiger charge is 2.14. The highest BCUT2D eigenvalue weighted by Crippen LogP contribution is 2.22. The van der Waals surface area contributed by atoms with E-state index >= 15 is 0 Å². The van der Waals surface area contributed by atoms with Crippen molar-refractivity contribution in [3.63, 3.8) is 0 Å². The smallest absolute Gasteiger partial charge is 0.335 e. The normalized spacial score (nSPS) is 10.7. The van der Waals surface area contributed by atoms with Gasteiger partial charge in [0.25, 0.3) is 0 Å². The molecule has 0 aliphatic heterocycles. The second kappa shape index (κ2) is 8.66. The molecule has 0 saturated heterocycles. The summed E-state index contributed by atoms with van der Waals surface area (Å²) in [4.78, 5) is 13.3. The summed E-state index contributed by atoms with van der Waals surface area (Å²) < 4.78 is 18.4. The molecule has 3 aromatic heterocycles. The molecule has 0 unspecified atom stereocenters. The Morgan fingerprint density at radius 1 is 1.14 bits per heavy atom. The lowest BCUT2D eigenvalue weighted by Gasteiger charge is -2.11. The molecule has 0 bridgehead atoms. The first-order valence-corrected chi connectivity index (χ1v) is 9.41. The van der Waals surface area contributed by atoms with Crippen LogP contribution in [-0.4, -0.2) is 33.0 Å². The van der Waals surface area contributed by atoms with Crippen LogP contribution in [0.15, 0.2) is 42.9 Å². The Labute approximate surface area is 165 Å². The molecule has 0 aliphatic rings. The highest BCUT2D eigenvalue weighted by molar-refractivity contribution is 7.51. The Bertz CT molecular complexity index is 1150. The average molecular weight is 396 g/mol. The van der Waals surface area contributed by atoms with E-state index in [1.54, 1.807) is 4.52 Å². The third-order valence-corrected chi connectivity index (χ3v) is 4.34. The van der Waals surface area contributed by atoms with Gasteiger partial charge in [0.1, 0.15) is 5.82 Å². The fraction of sp³-hybridized carbons (Fsp3) is 0.263. The van der Waals surface area contributed by atoms with E-state index in [-0.39, 0.29) is 0 Å². The number of fused-ring (bicyclic) bond motifs is 2. The van der Waals surface area contributed by atoms with Crippen molar-refractivity contribution in [2.24, 2.45) is 0 Å². The van der Waals surface area contributed by atoms with E-state index < -0.39 is 11.6 Å². The van der Waals surface area contributed by atoms with Crippen LogP contribution in [-0.2, 0) is 18.1 Å². The maximum atomic E-state index is 8.29. The Morgan fingerprint density at radius 2 is 1.93 bits per heavy atom. The van der Waals surface area contributed by atoms with Gasteiger partial charge < -0.3 is 5.32 Å². The molecule has 0 saturated carbocycles. The lowest BCUT2D eigenvalue weighted by molar-refractivity contribution is 0.630. The zero-order valence-electron chi connectivity index (χ0n) is 15.8. The first kappa shape index (κ1) is 19.6. The van der Waals surface area contributed by atoms with Crippen molar-refractivity contribution in [1.29, 1.82) is 0 Å². The fourth-order valence-electron chi connectivity index (χ4n) is 3.03. The molecule has 0 atom stereocenters. The van der Waals surface area contributed by atoms with Crippen LogP contribution in [0.1, 0.15) is 36.7 Å². The molecule has 0 amide bonds. The van der Waals surface area contributed by atoms with Crippen LogP contribution in [0.2, 0.25) is 0 Å². The fourth-order valence-corrected chi connectivity index (χ4v) is 3.03. The van der Waals surface area contributed by atoms with E-state index in [4.69, 9.17) is 8.42 Å². The van der Waals surface area contributed by atoms with E-state index in [2.05, 4.69) is 57.4 Å². The molecule has 1 N–H and O–H groups in total. The molecule has 0 spiro atoms. The topological polar surface area (TPSA) is 102 Å². The number of benzene rings is 1. The summed E-state index contributed by atoms with van der Waals surface area (Å²) in [6.45, 7) is 6.84. The minimum Gasteiger partial charge on any atom is -0.350 e. The molecule has 28 heavy (non-hydrogen) atoms. The van der Waals surface area contributed by atoms with Gasteiger partial charge in [0.15, 0.2) is 5.65 Å². The second-order valence-electron chi connectivity index (χ2n) is 6.52. The quantitative estimate of drug-likeness (QED) is 0.565. The monoisotopic (exact) mass is 396 g/mol. The average Bonchev–Trinajstić information content (AvgIpc) is 3.11. The molecule has 8 nitrogen and oxygen atoms in total. The zero-order valence-corrected chi connectivity index (χ0v) is 16.6. The molecule has 4 rings (SSSR count). The number of pyridine rings is 1. The molecule has 9 heteroatoms. The van der Waals surface area contributed by atoms with Crippen LogP contribution in [0.25, 0.3) is 16.4 Å². The number of hydrogen-bond donors (Lipinski definition) is 1. The number of hydrogen-bond acceptors (Lipinski definition) is 7. The van der Waals surface area contributed by atoms with Crippen LogP contribution in [0, 0.1) is 6.92 Å². The number of anilines is 1. The van der Waals surface area contributed by atoms with Crippen LogP contribution < -0.4 is 5.32 Å². The Balaban J connectivity index is 0.000000706. The number of aromatic nitrogens is 5. The molecule has 144 valence electrons. The van der Waals surface area contributed by atoms with Crippen molar-refractivity contribution in [3.05, 3.63) is 59.8 Å². The summed E-state index contributed by atoms with van der Waals surface area (Å²) in [5.41, 5.74) is 3.17. The number of rotatable bonds is 4. The minimum atomic E-state index is -0.750. The number of aryl methyl sites for hydroxylation is 1. The van der Waals surface area contributed by atoms with Crippen LogP contribution in [0.5, 0.6) is 0 Å². The van der Waals surface area contributed by atoms with Crippen LogP contribution in [0.3, 0.4) is 0 Å². The van der Waals surface area contributed by atoms with Gasteiger partial charge in [-0.1, -0.05) is 32.0 Å². The molecule has 4 aromatic rings. The Kier molecular flexibility index (Phi) is 6.05. The largest absolute Gasteiger partial charge is 0.350 e. The Hall–Kier alpha value is -3.20. The van der Waals surface area contributed by atoms with Crippen molar-refractivity contribution in [1.82, 2.24) is 24.6 Å². The lowest BCUT2D eigenvalue weighted by atomic mass is 10.1. The summed E-state index contributed by atoms with van der Waals surface area (Å²) in [5.74, 6) is 1.80. The van der Waals surface area contributed by atoms with Gasteiger partial charge in [0.2, 0.25) is 5.95 Å². The third-order valence-electron chi connectivity index (χ3n) is 4.34. The van der Waals surface area contributed by atoms with Gasteiger partial charge in [-0.25, -0.2) is 4.98 Å². The lowest BCUT2D eigenvalue weighted by Crippen LogP contribution is -2.10. The summed E-state index contributed by atoms with van der Waals surface area (Å²) in [6.07, 6.45) is 5.59. The van der Waals surface area contributed by atoms with Crippen molar-refractivity contribution >= 4 is 33.9 Å². The van der Waals surface area contributed by atoms with Gasteiger partial charge in [0.05, 0.1) is 6.20 Å². The van der Waals surface area contributed by atoms with E-state index in [0.29, 0.717) is 18.4 Å². The third kappa shape index (κ3) is 4.04. The summed E-state index contributed by atoms with van der Waals surface area (Å²) >= 11 is -0.750. The van der Waals surface area contributed by atoms with Gasteiger partial charge >= 0.3 is 11.6 Å². The van der Waals surface area contributed by atoms with Crippen LogP contribution >= 0.6 is 0 Å². The standard InChI is InChI=1S/C19H20N6.O2S/c1-12(2)16-11-22-25-18(16)23-13(3)24-19(25)21-9-15-6-4-5-14-7-8-20-10-17(14)15;1-3-2/h4-8,10-12H,9H2,1-3H3,(H,21,23,24);. The van der Waals surface area contributed by atoms with Crippen molar-refractivity contribution in [3.8, 4) is 0 Å². The predicted molar refractivity (Wildman–Crippen MR) is 108 cm³/mol. The molecule has 0 radical (unpaired) electrons. The van der Waals surface area contributed by atoms with E-state index in [9.17, 15) is 0 Å². The number of nitrogens with one attached hydrogen (secondary N) is 1. The zero-order chi connectivity index (χ0) is 20.1. The molecular formula is C19H20N6O2S. The molecule has 0 fully saturated rings. The van der Waals surface area contributed by atoms with Gasteiger partial charge in [-0.2, -0.15) is 23.0 Å². The first-order valence-electron chi connectivity index (χ1n) is 8.74. The number of nitrogens with zero attached hydrogens (tertiary/aromatic N) is 5. The molecule has 1 aromatic carbocycles. The molecule has 0 aliphatic carbocycles. The SMILES string of the molecule is Cc1nc(NCc2cccc3ccncc23)n2ncc(C(C)C)c2n1.O=S=O. The van der Waals surface area contributed by atoms with Crippen molar-refractivity contribution in [2.75, 3.05) is 5.32 Å².